The zero-order chi connectivity index (χ0) is 8.55. The molecule has 2 aliphatic rings. The first-order valence-corrected chi connectivity index (χ1v) is 4.99. The van der Waals surface area contributed by atoms with Gasteiger partial charge in [-0.25, -0.2) is 0 Å². The van der Waals surface area contributed by atoms with Crippen molar-refractivity contribution in [2.24, 2.45) is 17.8 Å². The van der Waals surface area contributed by atoms with Crippen LogP contribution in [0.15, 0.2) is 0 Å². The summed E-state index contributed by atoms with van der Waals surface area (Å²) in [4.78, 5) is 10.2. The SMILES string of the molecule is O=C(O)CCCC1C[C@H]1C1CC1. The Morgan fingerprint density at radius 3 is 2.75 bits per heavy atom. The Balaban J connectivity index is 1.54. The Morgan fingerprint density at radius 2 is 2.17 bits per heavy atom. The molecule has 1 N–H and O–H groups in total. The van der Waals surface area contributed by atoms with Crippen LogP contribution in [-0.2, 0) is 4.79 Å². The normalized spacial score (nSPS) is 33.3. The van der Waals surface area contributed by atoms with Crippen molar-refractivity contribution in [1.29, 1.82) is 0 Å². The number of carboxylic acids is 1. The summed E-state index contributed by atoms with van der Waals surface area (Å²) < 4.78 is 0. The maximum atomic E-state index is 10.2. The zero-order valence-corrected chi connectivity index (χ0v) is 7.33. The summed E-state index contributed by atoms with van der Waals surface area (Å²) in [6, 6.07) is 0. The van der Waals surface area contributed by atoms with Crippen molar-refractivity contribution >= 4 is 5.97 Å². The van der Waals surface area contributed by atoms with Gasteiger partial charge in [-0.1, -0.05) is 0 Å². The molecule has 68 valence electrons. The Morgan fingerprint density at radius 1 is 1.42 bits per heavy atom. The molecule has 1 unspecified atom stereocenters. The Hall–Kier alpha value is -0.530. The maximum Gasteiger partial charge on any atom is 0.303 e. The molecule has 12 heavy (non-hydrogen) atoms. The molecule has 2 atom stereocenters. The molecule has 0 aromatic heterocycles. The van der Waals surface area contributed by atoms with Gasteiger partial charge < -0.3 is 5.11 Å². The molecule has 2 saturated carbocycles. The van der Waals surface area contributed by atoms with Crippen LogP contribution in [0.5, 0.6) is 0 Å². The fourth-order valence-electron chi connectivity index (χ4n) is 2.22. The topological polar surface area (TPSA) is 37.3 Å². The first kappa shape index (κ1) is 8.09. The molecule has 0 heterocycles. The first-order valence-electron chi connectivity index (χ1n) is 4.99. The number of aliphatic carboxylic acids is 1. The summed E-state index contributed by atoms with van der Waals surface area (Å²) in [5.74, 6) is 2.30. The van der Waals surface area contributed by atoms with Crippen LogP contribution >= 0.6 is 0 Å². The summed E-state index contributed by atoms with van der Waals surface area (Å²) in [5.41, 5.74) is 0. The molecule has 0 aromatic rings. The minimum absolute atomic E-state index is 0.369. The molecule has 2 aliphatic carbocycles. The van der Waals surface area contributed by atoms with Gasteiger partial charge >= 0.3 is 5.97 Å². The van der Waals surface area contributed by atoms with Crippen LogP contribution in [0, 0.1) is 17.8 Å². The average molecular weight is 168 g/mol. The number of hydrogen-bond acceptors (Lipinski definition) is 1. The minimum Gasteiger partial charge on any atom is -0.481 e. The summed E-state index contributed by atoms with van der Waals surface area (Å²) in [6.45, 7) is 0. The van der Waals surface area contributed by atoms with E-state index in [1.165, 1.54) is 19.3 Å². The quantitative estimate of drug-likeness (QED) is 0.683. The Bertz CT molecular complexity index is 184. The third kappa shape index (κ3) is 1.99. The lowest BCUT2D eigenvalue weighted by Gasteiger charge is -1.95. The molecule has 2 nitrogen and oxygen atoms in total. The van der Waals surface area contributed by atoms with Gasteiger partial charge in [0.05, 0.1) is 0 Å². The van der Waals surface area contributed by atoms with Crippen LogP contribution < -0.4 is 0 Å². The van der Waals surface area contributed by atoms with Crippen LogP contribution in [0.3, 0.4) is 0 Å². The molecule has 0 aliphatic heterocycles. The van der Waals surface area contributed by atoms with E-state index in [9.17, 15) is 4.79 Å². The van der Waals surface area contributed by atoms with Crippen molar-refractivity contribution < 1.29 is 9.90 Å². The highest BCUT2D eigenvalue weighted by Gasteiger charge is 2.46. The lowest BCUT2D eigenvalue weighted by molar-refractivity contribution is -0.137. The third-order valence-corrected chi connectivity index (χ3v) is 3.17. The fourth-order valence-corrected chi connectivity index (χ4v) is 2.22. The monoisotopic (exact) mass is 168 g/mol. The minimum atomic E-state index is -0.640. The molecule has 0 amide bonds. The largest absolute Gasteiger partial charge is 0.481 e. The van der Waals surface area contributed by atoms with Crippen molar-refractivity contribution in [1.82, 2.24) is 0 Å². The average Bonchev–Trinajstić information content (AvgIpc) is 2.80. The molecule has 2 fully saturated rings. The summed E-state index contributed by atoms with van der Waals surface area (Å²) >= 11 is 0. The number of rotatable bonds is 5. The van der Waals surface area contributed by atoms with Gasteiger partial charge in [-0.05, 0) is 49.9 Å². The van der Waals surface area contributed by atoms with Crippen LogP contribution in [0.1, 0.15) is 38.5 Å². The van der Waals surface area contributed by atoms with Gasteiger partial charge in [-0.2, -0.15) is 0 Å². The summed E-state index contributed by atoms with van der Waals surface area (Å²) in [5, 5.41) is 8.43. The molecule has 2 heteroatoms. The predicted molar refractivity (Wildman–Crippen MR) is 45.8 cm³/mol. The van der Waals surface area contributed by atoms with Gasteiger partial charge in [0.25, 0.3) is 0 Å². The summed E-state index contributed by atoms with van der Waals surface area (Å²) in [6.07, 6.45) is 6.70. The van der Waals surface area contributed by atoms with Gasteiger partial charge in [0, 0.05) is 6.42 Å². The van der Waals surface area contributed by atoms with E-state index in [1.54, 1.807) is 0 Å². The van der Waals surface area contributed by atoms with E-state index in [4.69, 9.17) is 5.11 Å². The van der Waals surface area contributed by atoms with Crippen LogP contribution in [-0.4, -0.2) is 11.1 Å². The van der Waals surface area contributed by atoms with E-state index >= 15 is 0 Å². The van der Waals surface area contributed by atoms with Crippen molar-refractivity contribution in [2.75, 3.05) is 0 Å². The van der Waals surface area contributed by atoms with Gasteiger partial charge in [-0.3, -0.25) is 4.79 Å². The van der Waals surface area contributed by atoms with E-state index in [0.717, 1.165) is 30.6 Å². The summed E-state index contributed by atoms with van der Waals surface area (Å²) in [7, 11) is 0. The zero-order valence-electron chi connectivity index (χ0n) is 7.33. The van der Waals surface area contributed by atoms with Crippen molar-refractivity contribution in [3.8, 4) is 0 Å². The van der Waals surface area contributed by atoms with Gasteiger partial charge in [0.1, 0.15) is 0 Å². The molecule has 2 rings (SSSR count). The number of carboxylic acid groups (broad SMARTS) is 1. The second-order valence-corrected chi connectivity index (χ2v) is 4.28. The van der Waals surface area contributed by atoms with Gasteiger partial charge in [-0.15, -0.1) is 0 Å². The lowest BCUT2D eigenvalue weighted by atomic mass is 10.1. The van der Waals surface area contributed by atoms with E-state index in [2.05, 4.69) is 0 Å². The highest BCUT2D eigenvalue weighted by Crippen LogP contribution is 2.56. The van der Waals surface area contributed by atoms with Crippen molar-refractivity contribution in [3.05, 3.63) is 0 Å². The van der Waals surface area contributed by atoms with Gasteiger partial charge in [0.2, 0.25) is 0 Å². The van der Waals surface area contributed by atoms with Gasteiger partial charge in [0.15, 0.2) is 0 Å². The van der Waals surface area contributed by atoms with Crippen LogP contribution in [0.25, 0.3) is 0 Å². The molecule has 0 saturated heterocycles. The predicted octanol–water partition coefficient (Wildman–Crippen LogP) is 2.29. The highest BCUT2D eigenvalue weighted by atomic mass is 16.4. The number of carbonyl (C=O) groups is 1. The molecular formula is C10H16O2. The number of hydrogen-bond donors (Lipinski definition) is 1. The van der Waals surface area contributed by atoms with Crippen LogP contribution in [0.2, 0.25) is 0 Å². The first-order chi connectivity index (χ1) is 5.77. The van der Waals surface area contributed by atoms with Crippen molar-refractivity contribution in [3.63, 3.8) is 0 Å². The lowest BCUT2D eigenvalue weighted by Crippen LogP contribution is -1.94. The highest BCUT2D eigenvalue weighted by molar-refractivity contribution is 5.66. The molecule has 0 aromatic carbocycles. The standard InChI is InChI=1S/C10H16O2/c11-10(12)3-1-2-8-6-9(8)7-4-5-7/h7-9H,1-6H2,(H,11,12)/t8?,9-/m0/s1. The molecule has 0 radical (unpaired) electrons. The molecule has 0 bridgehead atoms. The van der Waals surface area contributed by atoms with Crippen LogP contribution in [0.4, 0.5) is 0 Å². The van der Waals surface area contributed by atoms with E-state index in [1.807, 2.05) is 0 Å². The van der Waals surface area contributed by atoms with E-state index < -0.39 is 5.97 Å². The third-order valence-electron chi connectivity index (χ3n) is 3.17. The Kier molecular flexibility index (Phi) is 2.07. The fraction of sp³-hybridized carbons (Fsp3) is 0.900. The molecular weight excluding hydrogens is 152 g/mol. The van der Waals surface area contributed by atoms with E-state index in [-0.39, 0.29) is 0 Å². The molecule has 0 spiro atoms. The smallest absolute Gasteiger partial charge is 0.303 e. The van der Waals surface area contributed by atoms with Crippen molar-refractivity contribution in [2.45, 2.75) is 38.5 Å². The second-order valence-electron chi connectivity index (χ2n) is 4.28. The maximum absolute atomic E-state index is 10.2. The second kappa shape index (κ2) is 3.08. The Labute approximate surface area is 73.0 Å². The van der Waals surface area contributed by atoms with E-state index in [0.29, 0.717) is 6.42 Å².